The largest absolute Gasteiger partial charge is 0.756 e. The number of aromatic amines is 1. The van der Waals surface area contributed by atoms with Gasteiger partial charge in [0.2, 0.25) is 0 Å². The van der Waals surface area contributed by atoms with Crippen LogP contribution in [0.2, 0.25) is 0 Å². The quantitative estimate of drug-likeness (QED) is 0.149. The molecule has 0 spiro atoms. The number of phosphoric ester groups is 1. The van der Waals surface area contributed by atoms with E-state index in [1.165, 1.54) is 71.3 Å². The minimum atomic E-state index is -5.74. The molecule has 1 aromatic rings. The maximum atomic E-state index is 11.8. The van der Waals surface area contributed by atoms with E-state index < -0.39 is 59.8 Å². The summed E-state index contributed by atoms with van der Waals surface area (Å²) >= 11 is 0. The number of hydrogen-bond acceptors (Lipinski definition) is 12. The van der Waals surface area contributed by atoms with Gasteiger partial charge in [-0.25, -0.2) is 18.2 Å². The van der Waals surface area contributed by atoms with Gasteiger partial charge in [-0.15, -0.1) is 0 Å². The number of unbranched alkanes of at least 4 members (excludes halogenated alkanes) is 3. The van der Waals surface area contributed by atoms with Crippen LogP contribution in [-0.2, 0) is 31.6 Å². The summed E-state index contributed by atoms with van der Waals surface area (Å²) in [6.07, 6.45) is 5.30. The van der Waals surface area contributed by atoms with Gasteiger partial charge in [0.25, 0.3) is 13.4 Å². The van der Waals surface area contributed by atoms with Crippen LogP contribution in [0.4, 0.5) is 0 Å². The molecule has 1 aliphatic rings. The van der Waals surface area contributed by atoms with E-state index in [1.54, 1.807) is 0 Å². The number of H-pyrrole nitrogens is 1. The number of aromatic nitrogens is 2. The maximum Gasteiger partial charge on any atom is 0.487 e. The summed E-state index contributed by atoms with van der Waals surface area (Å²) in [7, 11) is -16.9. The second-order valence-electron chi connectivity index (χ2n) is 9.68. The lowest BCUT2D eigenvalue weighted by molar-refractivity contribution is -0.221. The molecule has 0 aliphatic carbocycles. The zero-order valence-corrected chi connectivity index (χ0v) is 26.9. The third-order valence-electron chi connectivity index (χ3n) is 5.95. The van der Waals surface area contributed by atoms with Gasteiger partial charge in [-0.3, -0.25) is 18.9 Å². The fourth-order valence-electron chi connectivity index (χ4n) is 3.78. The number of aliphatic hydroxyl groups excluding tert-OH is 1. The number of ether oxygens (including phenoxy) is 1. The number of nitrogens with zero attached hydrogens (tertiary/aromatic N) is 2. The fraction of sp³-hybridized carbons (Fsp3) is 0.818. The molecule has 2 unspecified atom stereocenters. The zero-order chi connectivity index (χ0) is 32.1. The van der Waals surface area contributed by atoms with E-state index in [1.807, 2.05) is 4.98 Å². The molecule has 0 saturated carbocycles. The van der Waals surface area contributed by atoms with E-state index in [4.69, 9.17) is 19.4 Å². The standard InChI is InChI=1S/C12H27N.C10H17N2O14P3/c1-4-7-10-13(11-8-5-2)12-9-6-3;1-5-3-12(10(15)11-9(5)14)8-2-6(13)7(24-8)4-23-28(19,20)26-29(21,22)25-27(16,17)18/h4-12H2,1-3H3;3,6-8,13H,2,4H2,1H3,(H,19,20)(H,21,22)(H,11,14,15)(H2,16,17,18)/p-1/t;6-,7+,8+/m.0/s1. The molecule has 20 heteroatoms. The molecule has 17 nitrogen and oxygen atoms in total. The second-order valence-corrected chi connectivity index (χ2v) is 14.1. The topological polar surface area (TPSA) is 250 Å². The Kier molecular flexibility index (Phi) is 16.8. The normalized spacial score (nSPS) is 21.9. The van der Waals surface area contributed by atoms with Crippen LogP contribution in [0.1, 0.15) is 77.5 Å². The molecule has 42 heavy (non-hydrogen) atoms. The third kappa shape index (κ3) is 15.1. The summed E-state index contributed by atoms with van der Waals surface area (Å²) in [6, 6.07) is 0. The molecule has 1 aromatic heterocycles. The predicted molar refractivity (Wildman–Crippen MR) is 149 cm³/mol. The first-order chi connectivity index (χ1) is 19.4. The summed E-state index contributed by atoms with van der Waals surface area (Å²) in [5, 5.41) is 9.96. The highest BCUT2D eigenvalue weighted by molar-refractivity contribution is 7.66. The summed E-state index contributed by atoms with van der Waals surface area (Å²) in [5.41, 5.74) is -1.29. The van der Waals surface area contributed by atoms with E-state index in [0.717, 1.165) is 4.57 Å². The van der Waals surface area contributed by atoms with Crippen molar-refractivity contribution >= 4 is 23.5 Å². The monoisotopic (exact) mass is 666 g/mol. The minimum Gasteiger partial charge on any atom is -0.756 e. The van der Waals surface area contributed by atoms with Crippen molar-refractivity contribution in [1.82, 2.24) is 14.5 Å². The van der Waals surface area contributed by atoms with Crippen molar-refractivity contribution in [3.63, 3.8) is 0 Å². The van der Waals surface area contributed by atoms with Gasteiger partial charge < -0.3 is 38.8 Å². The molecule has 2 heterocycles. The van der Waals surface area contributed by atoms with Crippen molar-refractivity contribution in [2.45, 2.75) is 91.1 Å². The molecule has 5 atom stereocenters. The SMILES string of the molecule is CCCCN(CCCC)CCCC.Cc1cn([C@H]2C[C@H](O)[C@@H](COP(=O)([O-])OP(=O)(O)OP(=O)(O)O)O2)c(=O)[nH]c1=O. The van der Waals surface area contributed by atoms with Crippen LogP contribution in [-0.4, -0.2) is 72.7 Å². The second kappa shape index (κ2) is 18.1. The molecule has 0 radical (unpaired) electrons. The highest BCUT2D eigenvalue weighted by Crippen LogP contribution is 2.65. The molecule has 1 aliphatic heterocycles. The Bertz CT molecular complexity index is 1200. The average molecular weight is 667 g/mol. The van der Waals surface area contributed by atoms with Crippen LogP contribution >= 0.6 is 23.5 Å². The molecular formula is C22H43N3O14P3-. The number of nitrogens with one attached hydrogen (secondary N) is 1. The molecule has 246 valence electrons. The van der Waals surface area contributed by atoms with Gasteiger partial charge in [0, 0.05) is 18.2 Å². The summed E-state index contributed by atoms with van der Waals surface area (Å²) < 4.78 is 50.8. The predicted octanol–water partition coefficient (Wildman–Crippen LogP) is 1.89. The van der Waals surface area contributed by atoms with E-state index in [-0.39, 0.29) is 12.0 Å². The van der Waals surface area contributed by atoms with Crippen LogP contribution in [0, 0.1) is 6.92 Å². The van der Waals surface area contributed by atoms with Crippen molar-refractivity contribution in [1.29, 1.82) is 0 Å². The summed E-state index contributed by atoms with van der Waals surface area (Å²) in [6.45, 7) is 11.3. The van der Waals surface area contributed by atoms with Crippen LogP contribution in [0.5, 0.6) is 0 Å². The minimum absolute atomic E-state index is 0.170. The number of aryl methyl sites for hydroxylation is 1. The highest BCUT2D eigenvalue weighted by atomic mass is 31.3. The van der Waals surface area contributed by atoms with Crippen LogP contribution in [0.15, 0.2) is 15.8 Å². The first-order valence-corrected chi connectivity index (χ1v) is 18.1. The molecular weight excluding hydrogens is 623 g/mol. The maximum absolute atomic E-state index is 11.8. The summed E-state index contributed by atoms with van der Waals surface area (Å²) in [4.78, 5) is 65.3. The van der Waals surface area contributed by atoms with E-state index >= 15 is 0 Å². The van der Waals surface area contributed by atoms with Crippen molar-refractivity contribution in [2.75, 3.05) is 26.2 Å². The Morgan fingerprint density at radius 3 is 2.02 bits per heavy atom. The smallest absolute Gasteiger partial charge is 0.487 e. The molecule has 0 amide bonds. The number of aliphatic hydroxyl groups is 1. The lowest BCUT2D eigenvalue weighted by Crippen LogP contribution is -2.33. The Morgan fingerprint density at radius 2 is 1.55 bits per heavy atom. The first kappa shape index (κ1) is 39.0. The van der Waals surface area contributed by atoms with Gasteiger partial charge in [0.15, 0.2) is 0 Å². The van der Waals surface area contributed by atoms with Gasteiger partial charge in [0.05, 0.1) is 12.7 Å². The highest BCUT2D eigenvalue weighted by Gasteiger charge is 2.39. The summed E-state index contributed by atoms with van der Waals surface area (Å²) in [5.74, 6) is 0. The Balaban J connectivity index is 0.000000572. The Morgan fingerprint density at radius 1 is 1.02 bits per heavy atom. The van der Waals surface area contributed by atoms with Gasteiger partial charge in [-0.2, -0.15) is 4.31 Å². The van der Waals surface area contributed by atoms with Gasteiger partial charge in [-0.05, 0) is 45.8 Å². The van der Waals surface area contributed by atoms with E-state index in [0.29, 0.717) is 0 Å². The number of rotatable bonds is 17. The Hall–Kier alpha value is -1.03. The molecule has 1 fully saturated rings. The van der Waals surface area contributed by atoms with Crippen molar-refractivity contribution < 1.29 is 56.3 Å². The molecule has 1 saturated heterocycles. The van der Waals surface area contributed by atoms with Crippen LogP contribution in [0.3, 0.4) is 0 Å². The lowest BCUT2D eigenvalue weighted by Gasteiger charge is -2.26. The number of phosphoric acid groups is 3. The van der Waals surface area contributed by atoms with E-state index in [9.17, 15) is 33.3 Å². The molecule has 0 bridgehead atoms. The van der Waals surface area contributed by atoms with Crippen molar-refractivity contribution in [3.8, 4) is 0 Å². The molecule has 0 aromatic carbocycles. The van der Waals surface area contributed by atoms with Crippen LogP contribution in [0.25, 0.3) is 0 Å². The van der Waals surface area contributed by atoms with Gasteiger partial charge >= 0.3 is 21.3 Å². The van der Waals surface area contributed by atoms with Crippen molar-refractivity contribution in [2.24, 2.45) is 0 Å². The lowest BCUT2D eigenvalue weighted by atomic mass is 10.2. The fourth-order valence-corrected chi connectivity index (χ4v) is 6.77. The third-order valence-corrected chi connectivity index (χ3v) is 9.72. The first-order valence-electron chi connectivity index (χ1n) is 13.6. The van der Waals surface area contributed by atoms with Crippen LogP contribution < -0.4 is 16.1 Å². The zero-order valence-electron chi connectivity index (χ0n) is 24.2. The van der Waals surface area contributed by atoms with Crippen molar-refractivity contribution in [3.05, 3.63) is 32.6 Å². The molecule has 5 N–H and O–H groups in total. The molecule has 2 rings (SSSR count). The van der Waals surface area contributed by atoms with Gasteiger partial charge in [0.1, 0.15) is 12.3 Å². The van der Waals surface area contributed by atoms with E-state index in [2.05, 4.69) is 38.8 Å². The number of hydrogen-bond donors (Lipinski definition) is 5. The Labute approximate surface area is 244 Å². The average Bonchev–Trinajstić information content (AvgIpc) is 3.23. The van der Waals surface area contributed by atoms with Gasteiger partial charge in [-0.1, -0.05) is 40.0 Å².